The first-order chi connectivity index (χ1) is 16.5. The highest BCUT2D eigenvalue weighted by molar-refractivity contribution is 7.99. The second kappa shape index (κ2) is 18.1. The van der Waals surface area contributed by atoms with Gasteiger partial charge in [-0.05, 0) is 88.6 Å². The molecule has 1 aliphatic rings. The zero-order valence-corrected chi connectivity index (χ0v) is 24.4. The van der Waals surface area contributed by atoms with Gasteiger partial charge in [0.2, 0.25) is 0 Å². The number of hydrogen-bond donors (Lipinski definition) is 1. The molecule has 0 amide bonds. The normalized spacial score (nSPS) is 12.4. The van der Waals surface area contributed by atoms with Gasteiger partial charge < -0.3 is 5.32 Å². The number of nitrogens with one attached hydrogen (secondary N) is 1. The van der Waals surface area contributed by atoms with Gasteiger partial charge in [-0.2, -0.15) is 0 Å². The molecule has 2 nitrogen and oxygen atoms in total. The molecule has 1 aromatic carbocycles. The SMILES string of the molecule is C=C(C(C)=C(C)C)C1=C(Cl)C=CCC=C1Cl.C=C(C)Nc1ccc(SC/C=C/C(C)=O)cc1.CC. The molecule has 35 heavy (non-hydrogen) atoms. The molecule has 0 spiro atoms. The number of carbonyl (C=O) groups is 1. The lowest BCUT2D eigenvalue weighted by Crippen LogP contribution is -1.94. The molecular weight excluding hydrogens is 493 g/mol. The molecule has 2 rings (SSSR count). The summed E-state index contributed by atoms with van der Waals surface area (Å²) >= 11 is 14.1. The van der Waals surface area contributed by atoms with Gasteiger partial charge in [-0.1, -0.05) is 74.0 Å². The summed E-state index contributed by atoms with van der Waals surface area (Å²) in [5.74, 6) is 0.902. The van der Waals surface area contributed by atoms with Crippen LogP contribution in [0, 0.1) is 0 Å². The van der Waals surface area contributed by atoms with Crippen LogP contribution in [-0.2, 0) is 4.79 Å². The number of anilines is 1. The quantitative estimate of drug-likeness (QED) is 0.205. The fraction of sp³-hybridized carbons (Fsp3) is 0.300. The van der Waals surface area contributed by atoms with Gasteiger partial charge in [-0.3, -0.25) is 4.79 Å². The van der Waals surface area contributed by atoms with Crippen molar-refractivity contribution in [1.82, 2.24) is 0 Å². The van der Waals surface area contributed by atoms with Crippen molar-refractivity contribution in [2.75, 3.05) is 11.1 Å². The highest BCUT2D eigenvalue weighted by Crippen LogP contribution is 2.34. The molecule has 0 unspecified atom stereocenters. The highest BCUT2D eigenvalue weighted by Gasteiger charge is 2.14. The molecule has 0 aliphatic heterocycles. The van der Waals surface area contributed by atoms with Gasteiger partial charge in [0.05, 0.1) is 0 Å². The minimum atomic E-state index is 0.0895. The first kappa shape index (κ1) is 32.8. The molecule has 0 fully saturated rings. The average Bonchev–Trinajstić information content (AvgIpc) is 2.98. The summed E-state index contributed by atoms with van der Waals surface area (Å²) < 4.78 is 0. The third kappa shape index (κ3) is 13.5. The topological polar surface area (TPSA) is 29.1 Å². The van der Waals surface area contributed by atoms with Gasteiger partial charge >= 0.3 is 0 Å². The smallest absolute Gasteiger partial charge is 0.152 e. The van der Waals surface area contributed by atoms with E-state index in [9.17, 15) is 4.79 Å². The van der Waals surface area contributed by atoms with Gasteiger partial charge in [0.15, 0.2) is 5.78 Å². The lowest BCUT2D eigenvalue weighted by molar-refractivity contribution is -0.112. The number of ketones is 1. The van der Waals surface area contributed by atoms with Gasteiger partial charge in [-0.15, -0.1) is 11.8 Å². The summed E-state index contributed by atoms with van der Waals surface area (Å²) in [5.41, 5.74) is 6.07. The van der Waals surface area contributed by atoms with E-state index in [-0.39, 0.29) is 5.78 Å². The summed E-state index contributed by atoms with van der Waals surface area (Å²) in [6.07, 6.45) is 10.1. The Labute approximate surface area is 227 Å². The fourth-order valence-corrected chi connectivity index (χ4v) is 4.03. The largest absolute Gasteiger partial charge is 0.360 e. The van der Waals surface area contributed by atoms with Gasteiger partial charge in [0, 0.05) is 37.7 Å². The minimum absolute atomic E-state index is 0.0895. The van der Waals surface area contributed by atoms with Crippen LogP contribution in [0.3, 0.4) is 0 Å². The Morgan fingerprint density at radius 2 is 1.66 bits per heavy atom. The molecule has 190 valence electrons. The maximum atomic E-state index is 10.7. The standard InChI is InChI=1S/C14H16Cl2.C14H17NOS.C2H6/c1-9(2)10(3)11(4)14-12(15)7-5-6-8-13(14)16;1-11(2)15-13-6-8-14(9-7-13)17-10-4-5-12(3)16;1-2/h5,7-8H,4,6H2,1-3H3;4-9,15H,1,10H2,2-3H3;1-2H3/b;5-4+;. The van der Waals surface area contributed by atoms with E-state index in [0.717, 1.165) is 40.3 Å². The Kier molecular flexibility index (Phi) is 17.0. The van der Waals surface area contributed by atoms with E-state index in [1.54, 1.807) is 24.8 Å². The summed E-state index contributed by atoms with van der Waals surface area (Å²) in [5, 5.41) is 4.49. The number of thioether (sulfide) groups is 1. The molecule has 0 saturated carbocycles. The van der Waals surface area contributed by atoms with Crippen LogP contribution in [0.4, 0.5) is 5.69 Å². The summed E-state index contributed by atoms with van der Waals surface area (Å²) in [6, 6.07) is 8.15. The Bertz CT molecular complexity index is 1020. The molecule has 0 radical (unpaired) electrons. The second-order valence-electron chi connectivity index (χ2n) is 7.77. The van der Waals surface area contributed by atoms with Crippen LogP contribution in [0.15, 0.2) is 111 Å². The summed E-state index contributed by atoms with van der Waals surface area (Å²) in [6.45, 7) is 21.5. The second-order valence-corrected chi connectivity index (χ2v) is 9.68. The van der Waals surface area contributed by atoms with Crippen LogP contribution < -0.4 is 5.32 Å². The third-order valence-corrected chi connectivity index (χ3v) is 6.21. The van der Waals surface area contributed by atoms with Crippen molar-refractivity contribution in [3.05, 3.63) is 106 Å². The number of halogens is 2. The first-order valence-corrected chi connectivity index (χ1v) is 13.4. The predicted octanol–water partition coefficient (Wildman–Crippen LogP) is 10.4. The van der Waals surface area contributed by atoms with E-state index >= 15 is 0 Å². The van der Waals surface area contributed by atoms with Crippen molar-refractivity contribution in [1.29, 1.82) is 0 Å². The third-order valence-electron chi connectivity index (χ3n) is 4.59. The molecule has 0 atom stereocenters. The number of allylic oxidation sites excluding steroid dienone is 11. The number of carbonyl (C=O) groups excluding carboxylic acids is 1. The van der Waals surface area contributed by atoms with Crippen LogP contribution in [0.5, 0.6) is 0 Å². The molecule has 0 bridgehead atoms. The van der Waals surface area contributed by atoms with Crippen LogP contribution in [-0.4, -0.2) is 11.5 Å². The average molecular weight is 533 g/mol. The van der Waals surface area contributed by atoms with Crippen LogP contribution in [0.1, 0.15) is 54.9 Å². The molecule has 0 aromatic heterocycles. The van der Waals surface area contributed by atoms with E-state index in [1.165, 1.54) is 10.5 Å². The van der Waals surface area contributed by atoms with Crippen LogP contribution in [0.2, 0.25) is 0 Å². The van der Waals surface area contributed by atoms with Crippen LogP contribution >= 0.6 is 35.0 Å². The van der Waals surface area contributed by atoms with E-state index < -0.39 is 0 Å². The Hall–Kier alpha value is -2.20. The molecular formula is C30H39Cl2NOS. The number of rotatable bonds is 8. The summed E-state index contributed by atoms with van der Waals surface area (Å²) in [7, 11) is 0. The van der Waals surface area contributed by atoms with Crippen molar-refractivity contribution in [3.63, 3.8) is 0 Å². The zero-order chi connectivity index (χ0) is 27.0. The van der Waals surface area contributed by atoms with E-state index in [1.807, 2.05) is 64.1 Å². The Morgan fingerprint density at radius 3 is 2.17 bits per heavy atom. The van der Waals surface area contributed by atoms with Gasteiger partial charge in [-0.25, -0.2) is 0 Å². The Morgan fingerprint density at radius 1 is 1.06 bits per heavy atom. The van der Waals surface area contributed by atoms with Crippen molar-refractivity contribution < 1.29 is 4.79 Å². The van der Waals surface area contributed by atoms with Crippen molar-refractivity contribution >= 4 is 46.4 Å². The maximum Gasteiger partial charge on any atom is 0.152 e. The molecule has 1 N–H and O–H groups in total. The zero-order valence-electron chi connectivity index (χ0n) is 22.1. The molecule has 0 heterocycles. The minimum Gasteiger partial charge on any atom is -0.360 e. The molecule has 1 aromatic rings. The molecule has 0 saturated heterocycles. The lowest BCUT2D eigenvalue weighted by Gasteiger charge is -2.13. The predicted molar refractivity (Wildman–Crippen MR) is 161 cm³/mol. The van der Waals surface area contributed by atoms with Crippen molar-refractivity contribution in [3.8, 4) is 0 Å². The van der Waals surface area contributed by atoms with Crippen molar-refractivity contribution in [2.24, 2.45) is 0 Å². The molecule has 1 aliphatic carbocycles. The van der Waals surface area contributed by atoms with E-state index in [2.05, 4.69) is 44.5 Å². The maximum absolute atomic E-state index is 10.7. The summed E-state index contributed by atoms with van der Waals surface area (Å²) in [4.78, 5) is 11.9. The van der Waals surface area contributed by atoms with E-state index in [4.69, 9.17) is 23.2 Å². The fourth-order valence-electron chi connectivity index (χ4n) is 2.66. The monoisotopic (exact) mass is 531 g/mol. The lowest BCUT2D eigenvalue weighted by atomic mass is 9.96. The number of benzene rings is 1. The van der Waals surface area contributed by atoms with Gasteiger partial charge in [0.25, 0.3) is 0 Å². The molecule has 5 heteroatoms. The highest BCUT2D eigenvalue weighted by atomic mass is 35.5. The van der Waals surface area contributed by atoms with Crippen LogP contribution in [0.25, 0.3) is 0 Å². The first-order valence-electron chi connectivity index (χ1n) is 11.6. The van der Waals surface area contributed by atoms with E-state index in [0.29, 0.717) is 10.1 Å². The van der Waals surface area contributed by atoms with Crippen molar-refractivity contribution in [2.45, 2.75) is 59.8 Å². The number of hydrogen-bond acceptors (Lipinski definition) is 3. The Balaban J connectivity index is 0.000000618. The van der Waals surface area contributed by atoms with Gasteiger partial charge in [0.1, 0.15) is 0 Å².